The largest absolute Gasteiger partial charge is 0.484 e. The fourth-order valence-electron chi connectivity index (χ4n) is 1.94. The third kappa shape index (κ3) is 4.57. The van der Waals surface area contributed by atoms with Crippen LogP contribution in [0.15, 0.2) is 60.0 Å². The summed E-state index contributed by atoms with van der Waals surface area (Å²) in [7, 11) is 0. The summed E-state index contributed by atoms with van der Waals surface area (Å²) in [5.74, 6) is 1.83. The van der Waals surface area contributed by atoms with Crippen LogP contribution in [0.25, 0.3) is 0 Å². The summed E-state index contributed by atoms with van der Waals surface area (Å²) < 4.78 is 11.2. The molecule has 1 aromatic heterocycles. The Labute approximate surface area is 143 Å². The highest BCUT2D eigenvalue weighted by Gasteiger charge is 2.06. The molecule has 0 fully saturated rings. The first-order valence-electron chi connectivity index (χ1n) is 7.37. The smallest absolute Gasteiger partial charge is 0.264 e. The second kappa shape index (κ2) is 7.61. The minimum absolute atomic E-state index is 0.0719. The molecule has 3 rings (SSSR count). The van der Waals surface area contributed by atoms with Crippen LogP contribution in [0.4, 0.5) is 5.13 Å². The molecule has 0 bridgehead atoms. The van der Waals surface area contributed by atoms with E-state index in [1.165, 1.54) is 11.3 Å². The lowest BCUT2D eigenvalue weighted by atomic mass is 10.3. The minimum Gasteiger partial charge on any atom is -0.484 e. The predicted molar refractivity (Wildman–Crippen MR) is 93.9 cm³/mol. The van der Waals surface area contributed by atoms with Gasteiger partial charge in [-0.05, 0) is 43.3 Å². The van der Waals surface area contributed by atoms with Gasteiger partial charge in [0.25, 0.3) is 5.91 Å². The van der Waals surface area contributed by atoms with Gasteiger partial charge in [0.15, 0.2) is 11.7 Å². The molecule has 0 saturated heterocycles. The van der Waals surface area contributed by atoms with Crippen LogP contribution in [0.5, 0.6) is 17.2 Å². The van der Waals surface area contributed by atoms with Crippen molar-refractivity contribution < 1.29 is 14.3 Å². The van der Waals surface area contributed by atoms with Gasteiger partial charge in [-0.15, -0.1) is 11.3 Å². The molecule has 3 aromatic rings. The lowest BCUT2D eigenvalue weighted by molar-refractivity contribution is -0.118. The van der Waals surface area contributed by atoms with Crippen molar-refractivity contribution in [2.45, 2.75) is 6.92 Å². The van der Waals surface area contributed by atoms with Crippen LogP contribution in [0.2, 0.25) is 0 Å². The van der Waals surface area contributed by atoms with Crippen molar-refractivity contribution in [2.75, 3.05) is 11.9 Å². The van der Waals surface area contributed by atoms with Crippen LogP contribution in [0.3, 0.4) is 0 Å². The second-order valence-corrected chi connectivity index (χ2v) is 5.88. The van der Waals surface area contributed by atoms with Crippen LogP contribution in [0.1, 0.15) is 5.69 Å². The molecule has 0 unspecified atom stereocenters. The average molecular weight is 340 g/mol. The average Bonchev–Trinajstić information content (AvgIpc) is 3.00. The lowest BCUT2D eigenvalue weighted by Crippen LogP contribution is -2.20. The molecule has 0 atom stereocenters. The number of thiazole rings is 1. The van der Waals surface area contributed by atoms with Gasteiger partial charge in [-0.25, -0.2) is 4.98 Å². The minimum atomic E-state index is -0.242. The number of rotatable bonds is 6. The van der Waals surface area contributed by atoms with E-state index in [9.17, 15) is 4.79 Å². The molecule has 122 valence electrons. The van der Waals surface area contributed by atoms with Crippen molar-refractivity contribution in [3.05, 3.63) is 65.7 Å². The van der Waals surface area contributed by atoms with E-state index in [0.29, 0.717) is 16.6 Å². The zero-order chi connectivity index (χ0) is 16.8. The standard InChI is InChI=1S/C18H16N2O3S/c1-13-12-24-18(19-13)20-17(21)11-22-14-7-9-16(10-8-14)23-15-5-3-2-4-6-15/h2-10,12H,11H2,1H3,(H,19,20,21). The van der Waals surface area contributed by atoms with Crippen molar-refractivity contribution in [1.82, 2.24) is 4.98 Å². The molecule has 0 radical (unpaired) electrons. The molecule has 0 aliphatic rings. The van der Waals surface area contributed by atoms with Gasteiger partial charge in [-0.2, -0.15) is 0 Å². The first kappa shape index (κ1) is 16.0. The van der Waals surface area contributed by atoms with Gasteiger partial charge in [-0.3, -0.25) is 10.1 Å². The van der Waals surface area contributed by atoms with E-state index in [1.54, 1.807) is 24.3 Å². The zero-order valence-corrected chi connectivity index (χ0v) is 13.9. The molecule has 6 heteroatoms. The van der Waals surface area contributed by atoms with E-state index in [1.807, 2.05) is 42.6 Å². The van der Waals surface area contributed by atoms with Crippen molar-refractivity contribution in [3.63, 3.8) is 0 Å². The number of para-hydroxylation sites is 1. The highest BCUT2D eigenvalue weighted by molar-refractivity contribution is 7.13. The van der Waals surface area contributed by atoms with Gasteiger partial charge in [0.05, 0.1) is 5.69 Å². The Balaban J connectivity index is 1.50. The summed E-state index contributed by atoms with van der Waals surface area (Å²) >= 11 is 1.39. The number of nitrogens with zero attached hydrogens (tertiary/aromatic N) is 1. The lowest BCUT2D eigenvalue weighted by Gasteiger charge is -2.08. The molecule has 1 amide bonds. The normalized spacial score (nSPS) is 10.2. The Bertz CT molecular complexity index is 801. The van der Waals surface area contributed by atoms with Crippen molar-refractivity contribution in [2.24, 2.45) is 0 Å². The van der Waals surface area contributed by atoms with Crippen molar-refractivity contribution in [1.29, 1.82) is 0 Å². The monoisotopic (exact) mass is 340 g/mol. The Morgan fingerprint density at radius 2 is 1.71 bits per heavy atom. The van der Waals surface area contributed by atoms with Gasteiger partial charge in [0.1, 0.15) is 17.2 Å². The number of hydrogen-bond acceptors (Lipinski definition) is 5. The van der Waals surface area contributed by atoms with E-state index < -0.39 is 0 Å². The maximum absolute atomic E-state index is 11.8. The molecule has 0 spiro atoms. The van der Waals surface area contributed by atoms with E-state index in [2.05, 4.69) is 10.3 Å². The number of aryl methyl sites for hydroxylation is 1. The van der Waals surface area contributed by atoms with Crippen molar-refractivity contribution >= 4 is 22.4 Å². The summed E-state index contributed by atoms with van der Waals surface area (Å²) in [6, 6.07) is 16.6. The number of nitrogens with one attached hydrogen (secondary N) is 1. The summed E-state index contributed by atoms with van der Waals surface area (Å²) in [5.41, 5.74) is 0.880. The maximum atomic E-state index is 11.8. The third-order valence-electron chi connectivity index (χ3n) is 3.04. The zero-order valence-electron chi connectivity index (χ0n) is 13.1. The Kier molecular flexibility index (Phi) is 5.08. The third-order valence-corrected chi connectivity index (χ3v) is 3.91. The van der Waals surface area contributed by atoms with Crippen LogP contribution >= 0.6 is 11.3 Å². The van der Waals surface area contributed by atoms with E-state index >= 15 is 0 Å². The number of amides is 1. The Morgan fingerprint density at radius 1 is 1.04 bits per heavy atom. The first-order valence-corrected chi connectivity index (χ1v) is 8.25. The summed E-state index contributed by atoms with van der Waals surface area (Å²) in [6.07, 6.45) is 0. The molecule has 2 aromatic carbocycles. The topological polar surface area (TPSA) is 60.5 Å². The first-order chi connectivity index (χ1) is 11.7. The number of hydrogen-bond donors (Lipinski definition) is 1. The Morgan fingerprint density at radius 3 is 2.38 bits per heavy atom. The van der Waals surface area contributed by atoms with Crippen molar-refractivity contribution in [3.8, 4) is 17.2 Å². The molecular weight excluding hydrogens is 324 g/mol. The van der Waals surface area contributed by atoms with Crippen LogP contribution < -0.4 is 14.8 Å². The van der Waals surface area contributed by atoms with Gasteiger partial charge >= 0.3 is 0 Å². The van der Waals surface area contributed by atoms with Gasteiger partial charge < -0.3 is 9.47 Å². The number of carbonyl (C=O) groups excluding carboxylic acids is 1. The van der Waals surface area contributed by atoms with E-state index in [4.69, 9.17) is 9.47 Å². The van der Waals surface area contributed by atoms with Gasteiger partial charge in [-0.1, -0.05) is 18.2 Å². The molecule has 1 N–H and O–H groups in total. The Hall–Kier alpha value is -2.86. The molecule has 0 saturated carbocycles. The number of carbonyl (C=O) groups is 1. The number of benzene rings is 2. The molecule has 0 aliphatic heterocycles. The van der Waals surface area contributed by atoms with E-state index in [-0.39, 0.29) is 12.5 Å². The maximum Gasteiger partial charge on any atom is 0.264 e. The summed E-state index contributed by atoms with van der Waals surface area (Å²) in [5, 5.41) is 5.15. The van der Waals surface area contributed by atoms with Gasteiger partial charge in [0.2, 0.25) is 0 Å². The quantitative estimate of drug-likeness (QED) is 0.728. The van der Waals surface area contributed by atoms with Crippen LogP contribution in [0, 0.1) is 6.92 Å². The van der Waals surface area contributed by atoms with Crippen LogP contribution in [-0.4, -0.2) is 17.5 Å². The highest BCUT2D eigenvalue weighted by atomic mass is 32.1. The fraction of sp³-hybridized carbons (Fsp3) is 0.111. The summed E-state index contributed by atoms with van der Waals surface area (Å²) in [6.45, 7) is 1.80. The number of aromatic nitrogens is 1. The predicted octanol–water partition coefficient (Wildman–Crippen LogP) is 4.26. The number of anilines is 1. The number of ether oxygens (including phenoxy) is 2. The SMILES string of the molecule is Cc1csc(NC(=O)COc2ccc(Oc3ccccc3)cc2)n1. The molecular formula is C18H16N2O3S. The van der Waals surface area contributed by atoms with Gasteiger partial charge in [0, 0.05) is 5.38 Å². The molecule has 0 aliphatic carbocycles. The summed E-state index contributed by atoms with van der Waals surface area (Å²) in [4.78, 5) is 16.0. The van der Waals surface area contributed by atoms with E-state index in [0.717, 1.165) is 11.4 Å². The highest BCUT2D eigenvalue weighted by Crippen LogP contribution is 2.23. The second-order valence-electron chi connectivity index (χ2n) is 5.02. The molecule has 1 heterocycles. The molecule has 5 nitrogen and oxygen atoms in total. The van der Waals surface area contributed by atoms with Crippen LogP contribution in [-0.2, 0) is 4.79 Å². The molecule has 24 heavy (non-hydrogen) atoms. The fourth-order valence-corrected chi connectivity index (χ4v) is 2.65.